The van der Waals surface area contributed by atoms with Gasteiger partial charge in [-0.1, -0.05) is 49.9 Å². The molecule has 5 rings (SSSR count). The van der Waals surface area contributed by atoms with Crippen molar-refractivity contribution in [2.45, 2.75) is 115 Å². The lowest BCUT2D eigenvalue weighted by atomic mass is 9.57. The Labute approximate surface area is 255 Å². The monoisotopic (exact) mass is 624 g/mol. The summed E-state index contributed by atoms with van der Waals surface area (Å²) in [5.41, 5.74) is 0.136. The highest BCUT2D eigenvalue weighted by atomic mass is 35.5. The molecule has 3 saturated carbocycles. The minimum atomic E-state index is -1.56. The lowest BCUT2D eigenvalue weighted by Gasteiger charge is -2.51. The third-order valence-electron chi connectivity index (χ3n) is 8.72. The molecule has 11 heteroatoms. The number of aromatic nitrogens is 2. The molecule has 1 aromatic heterocycles. The summed E-state index contributed by atoms with van der Waals surface area (Å²) < 4.78 is 17.8. The van der Waals surface area contributed by atoms with E-state index in [9.17, 15) is 18.9 Å². The maximum Gasteiger partial charge on any atom is 0.309 e. The Hall–Kier alpha value is -1.94. The van der Waals surface area contributed by atoms with Crippen molar-refractivity contribution in [2.75, 3.05) is 0 Å². The van der Waals surface area contributed by atoms with Crippen LogP contribution in [0.3, 0.4) is 0 Å². The Morgan fingerprint density at radius 1 is 1.10 bits per heavy atom. The van der Waals surface area contributed by atoms with E-state index in [0.717, 1.165) is 19.3 Å². The van der Waals surface area contributed by atoms with E-state index in [1.54, 1.807) is 18.2 Å². The third kappa shape index (κ3) is 6.84. The molecule has 2 bridgehead atoms. The van der Waals surface area contributed by atoms with Crippen LogP contribution in [0, 0.1) is 11.3 Å². The van der Waals surface area contributed by atoms with Crippen molar-refractivity contribution in [3.8, 4) is 11.3 Å². The SMILES string of the molecule is CCCC(CC)Cn1nc(C(=O)NC23CCC(C(=O)O)(CC2)CC3)cc1-c1ccc(S(=O)NC(C)(C)C)c(Cl)c1Cl. The topological polar surface area (TPSA) is 113 Å². The number of carboxylic acid groups (broad SMARTS) is 1. The van der Waals surface area contributed by atoms with Crippen LogP contribution < -0.4 is 10.0 Å². The van der Waals surface area contributed by atoms with Crippen molar-refractivity contribution in [2.24, 2.45) is 11.3 Å². The Bertz CT molecular complexity index is 1310. The molecular formula is C30H42Cl2N4O4S. The largest absolute Gasteiger partial charge is 0.481 e. The molecule has 41 heavy (non-hydrogen) atoms. The number of nitrogens with zero attached hydrogens (tertiary/aromatic N) is 2. The number of carbonyl (C=O) groups excluding carboxylic acids is 1. The van der Waals surface area contributed by atoms with Crippen molar-refractivity contribution < 1.29 is 18.9 Å². The lowest BCUT2D eigenvalue weighted by Crippen LogP contribution is -2.58. The molecular weight excluding hydrogens is 583 g/mol. The van der Waals surface area contributed by atoms with Gasteiger partial charge in [-0.25, -0.2) is 8.93 Å². The molecule has 3 aliphatic rings. The van der Waals surface area contributed by atoms with Gasteiger partial charge < -0.3 is 10.4 Å². The highest BCUT2D eigenvalue weighted by molar-refractivity contribution is 7.83. The number of nitrogens with one attached hydrogen (secondary N) is 2. The first-order valence-electron chi connectivity index (χ1n) is 14.5. The Morgan fingerprint density at radius 3 is 2.27 bits per heavy atom. The first-order chi connectivity index (χ1) is 19.2. The third-order valence-corrected chi connectivity index (χ3v) is 11.2. The van der Waals surface area contributed by atoms with E-state index < -0.39 is 27.9 Å². The average Bonchev–Trinajstić information content (AvgIpc) is 3.33. The summed E-state index contributed by atoms with van der Waals surface area (Å²) in [6, 6.07) is 5.24. The molecule has 0 spiro atoms. The molecule has 3 aliphatic carbocycles. The van der Waals surface area contributed by atoms with Crippen LogP contribution in [0.2, 0.25) is 10.0 Å². The molecule has 8 nitrogen and oxygen atoms in total. The van der Waals surface area contributed by atoms with Gasteiger partial charge in [0.05, 0.1) is 26.0 Å². The van der Waals surface area contributed by atoms with Crippen molar-refractivity contribution in [3.63, 3.8) is 0 Å². The number of rotatable bonds is 11. The molecule has 0 radical (unpaired) electrons. The summed E-state index contributed by atoms with van der Waals surface area (Å²) >= 11 is 13.5. The first kappa shape index (κ1) is 32.0. The minimum absolute atomic E-state index is 0.198. The first-order valence-corrected chi connectivity index (χ1v) is 16.5. The van der Waals surface area contributed by atoms with Gasteiger partial charge in [-0.3, -0.25) is 14.3 Å². The van der Waals surface area contributed by atoms with Gasteiger partial charge in [0.1, 0.15) is 11.0 Å². The van der Waals surface area contributed by atoms with Gasteiger partial charge >= 0.3 is 5.97 Å². The molecule has 2 unspecified atom stereocenters. The summed E-state index contributed by atoms with van der Waals surface area (Å²) in [5, 5.41) is 18.2. The van der Waals surface area contributed by atoms with E-state index in [-0.39, 0.29) is 27.2 Å². The lowest BCUT2D eigenvalue weighted by molar-refractivity contribution is -0.156. The van der Waals surface area contributed by atoms with Crippen molar-refractivity contribution in [1.82, 2.24) is 19.8 Å². The number of fused-ring (bicyclic) bond motifs is 3. The smallest absolute Gasteiger partial charge is 0.309 e. The Morgan fingerprint density at radius 2 is 1.73 bits per heavy atom. The molecule has 226 valence electrons. The van der Waals surface area contributed by atoms with Gasteiger partial charge in [-0.05, 0) is 89.8 Å². The fraction of sp³-hybridized carbons (Fsp3) is 0.633. The van der Waals surface area contributed by atoms with Gasteiger partial charge in [-0.15, -0.1) is 0 Å². The second-order valence-corrected chi connectivity index (χ2v) is 14.8. The number of halogens is 2. The molecule has 2 aromatic rings. The van der Waals surface area contributed by atoms with E-state index in [0.29, 0.717) is 67.1 Å². The molecule has 0 saturated heterocycles. The second kappa shape index (κ2) is 12.3. The highest BCUT2D eigenvalue weighted by Crippen LogP contribution is 2.52. The molecule has 3 fully saturated rings. The predicted molar refractivity (Wildman–Crippen MR) is 164 cm³/mol. The Balaban J connectivity index is 1.66. The van der Waals surface area contributed by atoms with E-state index >= 15 is 0 Å². The number of carbonyl (C=O) groups is 2. The Kier molecular flexibility index (Phi) is 9.63. The normalized spacial score (nSPS) is 23.8. The maximum atomic E-state index is 13.6. The van der Waals surface area contributed by atoms with Gasteiger partial charge in [0.15, 0.2) is 5.69 Å². The van der Waals surface area contributed by atoms with Crippen molar-refractivity contribution >= 4 is 46.1 Å². The number of aliphatic carboxylic acids is 1. The van der Waals surface area contributed by atoms with Crippen LogP contribution in [0.25, 0.3) is 11.3 Å². The summed E-state index contributed by atoms with van der Waals surface area (Å²) in [6.45, 7) is 10.7. The molecule has 1 amide bonds. The van der Waals surface area contributed by atoms with Crippen LogP contribution in [0.4, 0.5) is 0 Å². The number of hydrogen-bond acceptors (Lipinski definition) is 4. The number of benzene rings is 1. The molecule has 0 aliphatic heterocycles. The fourth-order valence-electron chi connectivity index (χ4n) is 6.17. The van der Waals surface area contributed by atoms with Crippen molar-refractivity contribution in [3.05, 3.63) is 33.9 Å². The number of hydrogen-bond donors (Lipinski definition) is 3. The molecule has 1 heterocycles. The number of amides is 1. The van der Waals surface area contributed by atoms with Crippen LogP contribution in [-0.4, -0.2) is 42.1 Å². The molecule has 1 aromatic carbocycles. The summed E-state index contributed by atoms with van der Waals surface area (Å²) in [6.07, 6.45) is 6.69. The maximum absolute atomic E-state index is 13.6. The zero-order chi connectivity index (χ0) is 30.2. The van der Waals surface area contributed by atoms with E-state index in [4.69, 9.17) is 28.3 Å². The fourth-order valence-corrected chi connectivity index (χ4v) is 7.98. The zero-order valence-corrected chi connectivity index (χ0v) is 26.9. The highest BCUT2D eigenvalue weighted by Gasteiger charge is 2.53. The van der Waals surface area contributed by atoms with E-state index in [1.807, 2.05) is 25.5 Å². The van der Waals surface area contributed by atoms with Crippen molar-refractivity contribution in [1.29, 1.82) is 0 Å². The molecule has 3 N–H and O–H groups in total. The van der Waals surface area contributed by atoms with Crippen LogP contribution in [-0.2, 0) is 22.3 Å². The standard InChI is InChI=1S/C30H42Cl2N4O4S/c1-6-8-19(7-2)18-36-22(20-9-10-23(25(32)24(20)31)41(40)35-28(3,4)5)17-21(34-36)26(37)33-30-14-11-29(12-15-30,13-16-30)27(38)39/h9-10,17,19,35H,6-8,11-16,18H2,1-5H3,(H,33,37)(H,38,39). The summed E-state index contributed by atoms with van der Waals surface area (Å²) in [5.74, 6) is -0.628. The van der Waals surface area contributed by atoms with E-state index in [1.165, 1.54) is 0 Å². The van der Waals surface area contributed by atoms with Crippen LogP contribution in [0.15, 0.2) is 23.1 Å². The number of carboxylic acids is 1. The van der Waals surface area contributed by atoms with E-state index in [2.05, 4.69) is 23.9 Å². The van der Waals surface area contributed by atoms with Gasteiger partial charge in [-0.2, -0.15) is 5.10 Å². The zero-order valence-electron chi connectivity index (χ0n) is 24.6. The molecule has 2 atom stereocenters. The average molecular weight is 626 g/mol. The summed E-state index contributed by atoms with van der Waals surface area (Å²) in [7, 11) is -1.56. The van der Waals surface area contributed by atoms with Crippen LogP contribution >= 0.6 is 23.2 Å². The quantitative estimate of drug-likeness (QED) is 0.249. The van der Waals surface area contributed by atoms with Crippen LogP contribution in [0.1, 0.15) is 103 Å². The minimum Gasteiger partial charge on any atom is -0.481 e. The summed E-state index contributed by atoms with van der Waals surface area (Å²) in [4.78, 5) is 25.8. The second-order valence-electron chi connectivity index (χ2n) is 12.8. The van der Waals surface area contributed by atoms with Gasteiger partial charge in [0.2, 0.25) is 0 Å². The van der Waals surface area contributed by atoms with Crippen LogP contribution in [0.5, 0.6) is 0 Å². The van der Waals surface area contributed by atoms with Gasteiger partial charge in [0, 0.05) is 23.2 Å². The predicted octanol–water partition coefficient (Wildman–Crippen LogP) is 7.00. The van der Waals surface area contributed by atoms with Gasteiger partial charge in [0.25, 0.3) is 5.91 Å².